The van der Waals surface area contributed by atoms with Crippen LogP contribution in [0.1, 0.15) is 10.4 Å². The molecule has 1 amide bonds. The Balaban J connectivity index is 2.87. The molecule has 0 saturated heterocycles. The Kier molecular flexibility index (Phi) is 3.60. The highest BCUT2D eigenvalue weighted by molar-refractivity contribution is 6.36. The molecule has 0 spiro atoms. The molecule has 0 bridgehead atoms. The average molecular weight is 223 g/mol. The monoisotopic (exact) mass is 223 g/mol. The SMILES string of the molecule is COC(=O)c1cccc(NC(=O)C(=O)O)c1. The van der Waals surface area contributed by atoms with Gasteiger partial charge in [-0.05, 0) is 18.2 Å². The molecule has 6 heteroatoms. The normalized spacial score (nSPS) is 9.31. The minimum Gasteiger partial charge on any atom is -0.474 e. The van der Waals surface area contributed by atoms with Gasteiger partial charge in [-0.15, -0.1) is 0 Å². The Bertz CT molecular complexity index is 441. The maximum absolute atomic E-state index is 11.1. The molecule has 1 rings (SSSR count). The van der Waals surface area contributed by atoms with Crippen molar-refractivity contribution in [1.82, 2.24) is 0 Å². The molecule has 0 unspecified atom stereocenters. The molecular formula is C10H9NO5. The summed E-state index contributed by atoms with van der Waals surface area (Å²) >= 11 is 0. The first kappa shape index (κ1) is 11.7. The number of hydrogen-bond donors (Lipinski definition) is 2. The van der Waals surface area contributed by atoms with Gasteiger partial charge in [0.25, 0.3) is 0 Å². The summed E-state index contributed by atoms with van der Waals surface area (Å²) in [7, 11) is 1.23. The fourth-order valence-corrected chi connectivity index (χ4v) is 1.03. The van der Waals surface area contributed by atoms with Gasteiger partial charge in [0.05, 0.1) is 12.7 Å². The number of esters is 1. The lowest BCUT2D eigenvalue weighted by molar-refractivity contribution is -0.147. The highest BCUT2D eigenvalue weighted by atomic mass is 16.5. The summed E-state index contributed by atoms with van der Waals surface area (Å²) in [5, 5.41) is 10.5. The van der Waals surface area contributed by atoms with Gasteiger partial charge in [-0.1, -0.05) is 6.07 Å². The Morgan fingerprint density at radius 2 is 2.00 bits per heavy atom. The minimum absolute atomic E-state index is 0.218. The lowest BCUT2D eigenvalue weighted by Crippen LogP contribution is -2.21. The number of hydrogen-bond acceptors (Lipinski definition) is 4. The zero-order chi connectivity index (χ0) is 12.1. The molecule has 0 aromatic heterocycles. The highest BCUT2D eigenvalue weighted by Crippen LogP contribution is 2.11. The van der Waals surface area contributed by atoms with Crippen LogP contribution in [0.3, 0.4) is 0 Å². The van der Waals surface area contributed by atoms with Crippen LogP contribution in [0.2, 0.25) is 0 Å². The summed E-state index contributed by atoms with van der Waals surface area (Å²) in [6.07, 6.45) is 0. The van der Waals surface area contributed by atoms with Crippen LogP contribution < -0.4 is 5.32 Å². The fourth-order valence-electron chi connectivity index (χ4n) is 1.03. The number of carboxylic acid groups (broad SMARTS) is 1. The zero-order valence-corrected chi connectivity index (χ0v) is 8.39. The Morgan fingerprint density at radius 1 is 1.31 bits per heavy atom. The molecule has 0 atom stereocenters. The van der Waals surface area contributed by atoms with Crippen molar-refractivity contribution in [2.75, 3.05) is 12.4 Å². The second kappa shape index (κ2) is 4.92. The van der Waals surface area contributed by atoms with E-state index >= 15 is 0 Å². The number of aliphatic carboxylic acids is 1. The summed E-state index contributed by atoms with van der Waals surface area (Å²) < 4.78 is 4.48. The van der Waals surface area contributed by atoms with Crippen molar-refractivity contribution >= 4 is 23.5 Å². The Labute approximate surface area is 90.8 Å². The predicted octanol–water partition coefficient (Wildman–Crippen LogP) is 0.496. The minimum atomic E-state index is -1.59. The lowest BCUT2D eigenvalue weighted by atomic mass is 10.2. The number of anilines is 1. The molecule has 0 saturated carbocycles. The van der Waals surface area contributed by atoms with E-state index < -0.39 is 17.8 Å². The molecule has 0 aliphatic carbocycles. The van der Waals surface area contributed by atoms with Crippen LogP contribution in [0.5, 0.6) is 0 Å². The summed E-state index contributed by atoms with van der Waals surface area (Å²) in [5.74, 6) is -3.32. The van der Waals surface area contributed by atoms with E-state index in [1.54, 1.807) is 0 Å². The van der Waals surface area contributed by atoms with Crippen molar-refractivity contribution < 1.29 is 24.2 Å². The van der Waals surface area contributed by atoms with Crippen LogP contribution in [0.25, 0.3) is 0 Å². The maximum Gasteiger partial charge on any atom is 0.394 e. The van der Waals surface area contributed by atoms with Gasteiger partial charge in [-0.2, -0.15) is 0 Å². The maximum atomic E-state index is 11.1. The third-order valence-electron chi connectivity index (χ3n) is 1.74. The van der Waals surface area contributed by atoms with Crippen molar-refractivity contribution in [3.8, 4) is 0 Å². The van der Waals surface area contributed by atoms with E-state index in [1.807, 2.05) is 0 Å². The van der Waals surface area contributed by atoms with Gasteiger partial charge in [0.15, 0.2) is 0 Å². The Morgan fingerprint density at radius 3 is 2.56 bits per heavy atom. The van der Waals surface area contributed by atoms with E-state index in [9.17, 15) is 14.4 Å². The molecule has 0 fully saturated rings. The van der Waals surface area contributed by atoms with Crippen molar-refractivity contribution in [2.24, 2.45) is 0 Å². The molecule has 0 aliphatic rings. The summed E-state index contributed by atoms with van der Waals surface area (Å²) in [6.45, 7) is 0. The van der Waals surface area contributed by atoms with E-state index in [4.69, 9.17) is 5.11 Å². The van der Waals surface area contributed by atoms with Crippen LogP contribution in [0, 0.1) is 0 Å². The van der Waals surface area contributed by atoms with Crippen LogP contribution in [0.4, 0.5) is 5.69 Å². The molecule has 0 aliphatic heterocycles. The second-order valence-electron chi connectivity index (χ2n) is 2.83. The van der Waals surface area contributed by atoms with Crippen molar-refractivity contribution in [3.63, 3.8) is 0 Å². The average Bonchev–Trinajstić information content (AvgIpc) is 2.28. The van der Waals surface area contributed by atoms with Crippen LogP contribution >= 0.6 is 0 Å². The topological polar surface area (TPSA) is 92.7 Å². The van der Waals surface area contributed by atoms with E-state index in [0.717, 1.165) is 0 Å². The molecule has 6 nitrogen and oxygen atoms in total. The van der Waals surface area contributed by atoms with Gasteiger partial charge in [0.1, 0.15) is 0 Å². The Hall–Kier alpha value is -2.37. The van der Waals surface area contributed by atoms with Gasteiger partial charge in [0, 0.05) is 5.69 Å². The standard InChI is InChI=1S/C10H9NO5/c1-16-10(15)6-3-2-4-7(5-6)11-8(12)9(13)14/h2-5H,1H3,(H,11,12)(H,13,14). The number of carbonyl (C=O) groups is 3. The first-order chi connectivity index (χ1) is 7.54. The van der Waals surface area contributed by atoms with Crippen molar-refractivity contribution in [3.05, 3.63) is 29.8 Å². The number of rotatable bonds is 2. The quantitative estimate of drug-likeness (QED) is 0.562. The van der Waals surface area contributed by atoms with Gasteiger partial charge < -0.3 is 15.2 Å². The molecule has 84 valence electrons. The van der Waals surface area contributed by atoms with E-state index in [0.29, 0.717) is 0 Å². The smallest absolute Gasteiger partial charge is 0.394 e. The zero-order valence-electron chi connectivity index (χ0n) is 8.39. The molecule has 0 radical (unpaired) electrons. The second-order valence-corrected chi connectivity index (χ2v) is 2.83. The summed E-state index contributed by atoms with van der Waals surface area (Å²) in [4.78, 5) is 32.2. The highest BCUT2D eigenvalue weighted by Gasteiger charge is 2.12. The molecule has 0 heterocycles. The largest absolute Gasteiger partial charge is 0.474 e. The lowest BCUT2D eigenvalue weighted by Gasteiger charge is -2.04. The number of methoxy groups -OCH3 is 1. The molecular weight excluding hydrogens is 214 g/mol. The number of ether oxygens (including phenoxy) is 1. The van der Waals surface area contributed by atoms with Crippen LogP contribution in [-0.4, -0.2) is 30.1 Å². The van der Waals surface area contributed by atoms with E-state index in [-0.39, 0.29) is 11.3 Å². The van der Waals surface area contributed by atoms with Crippen molar-refractivity contribution in [1.29, 1.82) is 0 Å². The first-order valence-corrected chi connectivity index (χ1v) is 4.27. The summed E-state index contributed by atoms with van der Waals surface area (Å²) in [6, 6.07) is 5.78. The third-order valence-corrected chi connectivity index (χ3v) is 1.74. The number of nitrogens with one attached hydrogen (secondary N) is 1. The predicted molar refractivity (Wildman–Crippen MR) is 54.0 cm³/mol. The number of carbonyl (C=O) groups excluding carboxylic acids is 2. The van der Waals surface area contributed by atoms with Gasteiger partial charge in [0.2, 0.25) is 0 Å². The van der Waals surface area contributed by atoms with Gasteiger partial charge >= 0.3 is 17.8 Å². The van der Waals surface area contributed by atoms with Gasteiger partial charge in [-0.3, -0.25) is 4.79 Å². The molecule has 1 aromatic rings. The molecule has 2 N–H and O–H groups in total. The van der Waals surface area contributed by atoms with E-state index in [2.05, 4.69) is 10.1 Å². The molecule has 1 aromatic carbocycles. The third kappa shape index (κ3) is 2.81. The number of benzene rings is 1. The first-order valence-electron chi connectivity index (χ1n) is 4.27. The fraction of sp³-hybridized carbons (Fsp3) is 0.100. The molecule has 16 heavy (non-hydrogen) atoms. The number of carboxylic acids is 1. The summed E-state index contributed by atoms with van der Waals surface area (Å²) in [5.41, 5.74) is 0.445. The van der Waals surface area contributed by atoms with Gasteiger partial charge in [-0.25, -0.2) is 9.59 Å². The van der Waals surface area contributed by atoms with Crippen molar-refractivity contribution in [2.45, 2.75) is 0 Å². The number of amides is 1. The van der Waals surface area contributed by atoms with Crippen LogP contribution in [-0.2, 0) is 14.3 Å². The van der Waals surface area contributed by atoms with Crippen LogP contribution in [0.15, 0.2) is 24.3 Å². The van der Waals surface area contributed by atoms with E-state index in [1.165, 1.54) is 31.4 Å².